The summed E-state index contributed by atoms with van der Waals surface area (Å²) in [5.74, 6) is 0.404. The molecule has 0 amide bonds. The van der Waals surface area contributed by atoms with Crippen LogP contribution < -0.4 is 0 Å². The molecule has 0 bridgehead atoms. The first-order valence-electron chi connectivity index (χ1n) is 8.77. The molecule has 0 aliphatic rings. The van der Waals surface area contributed by atoms with E-state index in [4.69, 9.17) is 0 Å². The summed E-state index contributed by atoms with van der Waals surface area (Å²) in [6, 6.07) is 0. The third kappa shape index (κ3) is 13.9. The van der Waals surface area contributed by atoms with E-state index in [1.165, 1.54) is 77.7 Å². The molecule has 2 heteroatoms. The van der Waals surface area contributed by atoms with Gasteiger partial charge < -0.3 is 4.74 Å². The lowest BCUT2D eigenvalue weighted by Gasteiger charge is -2.09. The second-order valence-electron chi connectivity index (χ2n) is 6.21. The third-order valence-electron chi connectivity index (χ3n) is 4.04. The molecule has 1 unspecified atom stereocenters. The van der Waals surface area contributed by atoms with Gasteiger partial charge in [0.15, 0.2) is 0 Å². The Labute approximate surface area is 126 Å². The van der Waals surface area contributed by atoms with Gasteiger partial charge in [-0.3, -0.25) is 4.79 Å². The van der Waals surface area contributed by atoms with Crippen molar-refractivity contribution in [2.24, 2.45) is 5.92 Å². The van der Waals surface area contributed by atoms with Crippen LogP contribution in [0.3, 0.4) is 0 Å². The highest BCUT2D eigenvalue weighted by Gasteiger charge is 2.08. The molecular formula is C18H36O2. The zero-order valence-electron chi connectivity index (χ0n) is 14.1. The van der Waals surface area contributed by atoms with Crippen molar-refractivity contribution in [3.05, 3.63) is 0 Å². The average Bonchev–Trinajstić information content (AvgIpc) is 2.44. The van der Waals surface area contributed by atoms with Crippen LogP contribution in [-0.4, -0.2) is 13.1 Å². The fraction of sp³-hybridized carbons (Fsp3) is 0.944. The first-order valence-corrected chi connectivity index (χ1v) is 8.77. The summed E-state index contributed by atoms with van der Waals surface area (Å²) in [5, 5.41) is 0. The van der Waals surface area contributed by atoms with Crippen molar-refractivity contribution in [2.45, 2.75) is 97.3 Å². The van der Waals surface area contributed by atoms with E-state index < -0.39 is 0 Å². The molecule has 1 atom stereocenters. The molecule has 0 fully saturated rings. The summed E-state index contributed by atoms with van der Waals surface area (Å²) in [5.41, 5.74) is 0. The second-order valence-corrected chi connectivity index (χ2v) is 6.21. The molecule has 2 nitrogen and oxygen atoms in total. The van der Waals surface area contributed by atoms with Gasteiger partial charge in [0.25, 0.3) is 0 Å². The fourth-order valence-corrected chi connectivity index (χ4v) is 2.63. The van der Waals surface area contributed by atoms with Crippen molar-refractivity contribution in [3.63, 3.8) is 0 Å². The van der Waals surface area contributed by atoms with Crippen molar-refractivity contribution in [3.8, 4) is 0 Å². The molecule has 0 spiro atoms. The zero-order chi connectivity index (χ0) is 15.1. The van der Waals surface area contributed by atoms with Gasteiger partial charge in [-0.2, -0.15) is 0 Å². The molecule has 0 aromatic heterocycles. The number of rotatable bonds is 14. The highest BCUT2D eigenvalue weighted by molar-refractivity contribution is 5.69. The van der Waals surface area contributed by atoms with Crippen LogP contribution in [0.2, 0.25) is 0 Å². The molecule has 0 heterocycles. The summed E-state index contributed by atoms with van der Waals surface area (Å²) < 4.78 is 4.69. The van der Waals surface area contributed by atoms with Crippen molar-refractivity contribution >= 4 is 5.97 Å². The molecule has 0 aliphatic carbocycles. The average molecular weight is 284 g/mol. The summed E-state index contributed by atoms with van der Waals surface area (Å²) >= 11 is 0. The Balaban J connectivity index is 3.14. The molecule has 0 aromatic rings. The Hall–Kier alpha value is -0.530. The maximum absolute atomic E-state index is 11.1. The highest BCUT2D eigenvalue weighted by atomic mass is 16.5. The molecule has 0 radical (unpaired) electrons. The molecule has 20 heavy (non-hydrogen) atoms. The quantitative estimate of drug-likeness (QED) is 0.294. The second kappa shape index (κ2) is 14.9. The predicted molar refractivity (Wildman–Crippen MR) is 86.9 cm³/mol. The van der Waals surface area contributed by atoms with E-state index in [2.05, 4.69) is 18.6 Å². The van der Waals surface area contributed by atoms with Gasteiger partial charge in [-0.15, -0.1) is 0 Å². The minimum absolute atomic E-state index is 0.0689. The first-order chi connectivity index (χ1) is 9.70. The van der Waals surface area contributed by atoms with Crippen molar-refractivity contribution < 1.29 is 9.53 Å². The maximum Gasteiger partial charge on any atom is 0.305 e. The minimum atomic E-state index is -0.0689. The molecule has 120 valence electrons. The largest absolute Gasteiger partial charge is 0.469 e. The molecular weight excluding hydrogens is 248 g/mol. The maximum atomic E-state index is 11.1. The normalized spacial score (nSPS) is 12.3. The standard InChI is InChI=1S/C18H36O2/c1-4-5-6-7-8-9-10-11-12-13-14-15-17(2)16-18(19)20-3/h17H,4-16H2,1-3H3. The topological polar surface area (TPSA) is 26.3 Å². The Kier molecular flexibility index (Phi) is 14.5. The van der Waals surface area contributed by atoms with E-state index in [1.54, 1.807) is 0 Å². The van der Waals surface area contributed by atoms with Crippen LogP contribution in [0.1, 0.15) is 97.3 Å². The van der Waals surface area contributed by atoms with E-state index in [9.17, 15) is 4.79 Å². The monoisotopic (exact) mass is 284 g/mol. The molecule has 0 aromatic carbocycles. The Morgan fingerprint density at radius 2 is 1.30 bits per heavy atom. The number of methoxy groups -OCH3 is 1. The van der Waals surface area contributed by atoms with Gasteiger partial charge in [-0.1, -0.05) is 90.9 Å². The van der Waals surface area contributed by atoms with Crippen LogP contribution in [0.25, 0.3) is 0 Å². The lowest BCUT2D eigenvalue weighted by molar-refractivity contribution is -0.141. The molecule has 0 saturated heterocycles. The lowest BCUT2D eigenvalue weighted by atomic mass is 9.99. The van der Waals surface area contributed by atoms with Gasteiger partial charge in [0, 0.05) is 6.42 Å². The first kappa shape index (κ1) is 19.5. The summed E-state index contributed by atoms with van der Waals surface area (Å²) in [4.78, 5) is 11.1. The van der Waals surface area contributed by atoms with Gasteiger partial charge in [0.05, 0.1) is 7.11 Å². The van der Waals surface area contributed by atoms with E-state index in [0.29, 0.717) is 12.3 Å². The van der Waals surface area contributed by atoms with E-state index in [1.807, 2.05) is 0 Å². The van der Waals surface area contributed by atoms with E-state index >= 15 is 0 Å². The third-order valence-corrected chi connectivity index (χ3v) is 4.04. The van der Waals surface area contributed by atoms with Crippen molar-refractivity contribution in [1.82, 2.24) is 0 Å². The van der Waals surface area contributed by atoms with Crippen LogP contribution in [0.15, 0.2) is 0 Å². The highest BCUT2D eigenvalue weighted by Crippen LogP contribution is 2.16. The number of ether oxygens (including phenoxy) is 1. The number of carbonyl (C=O) groups excluding carboxylic acids is 1. The van der Waals surface area contributed by atoms with Gasteiger partial charge in [0.1, 0.15) is 0 Å². The van der Waals surface area contributed by atoms with Crippen LogP contribution in [0.4, 0.5) is 0 Å². The lowest BCUT2D eigenvalue weighted by Crippen LogP contribution is -2.06. The Morgan fingerprint density at radius 3 is 1.75 bits per heavy atom. The SMILES string of the molecule is CCCCCCCCCCCCCC(C)CC(=O)OC. The molecule has 0 rings (SSSR count). The van der Waals surface area contributed by atoms with Gasteiger partial charge in [-0.05, 0) is 5.92 Å². The number of carbonyl (C=O) groups is 1. The summed E-state index contributed by atoms with van der Waals surface area (Å²) in [6.45, 7) is 4.42. The predicted octanol–water partition coefficient (Wildman–Crippen LogP) is 5.89. The summed E-state index contributed by atoms with van der Waals surface area (Å²) in [6.07, 6.45) is 16.9. The molecule has 0 N–H and O–H groups in total. The smallest absolute Gasteiger partial charge is 0.305 e. The fourth-order valence-electron chi connectivity index (χ4n) is 2.63. The van der Waals surface area contributed by atoms with E-state index in [-0.39, 0.29) is 5.97 Å². The van der Waals surface area contributed by atoms with Crippen molar-refractivity contribution in [1.29, 1.82) is 0 Å². The van der Waals surface area contributed by atoms with Crippen LogP contribution in [-0.2, 0) is 9.53 Å². The van der Waals surface area contributed by atoms with Crippen LogP contribution >= 0.6 is 0 Å². The van der Waals surface area contributed by atoms with E-state index in [0.717, 1.165) is 6.42 Å². The Bertz CT molecular complexity index is 213. The van der Waals surface area contributed by atoms with Crippen LogP contribution in [0.5, 0.6) is 0 Å². The number of hydrogen-bond donors (Lipinski definition) is 0. The minimum Gasteiger partial charge on any atom is -0.469 e. The molecule has 0 saturated carbocycles. The van der Waals surface area contributed by atoms with Gasteiger partial charge in [-0.25, -0.2) is 0 Å². The van der Waals surface area contributed by atoms with Crippen LogP contribution in [0, 0.1) is 5.92 Å². The molecule has 0 aliphatic heterocycles. The van der Waals surface area contributed by atoms with Crippen molar-refractivity contribution in [2.75, 3.05) is 7.11 Å². The van der Waals surface area contributed by atoms with Gasteiger partial charge >= 0.3 is 5.97 Å². The number of unbranched alkanes of at least 4 members (excludes halogenated alkanes) is 10. The number of hydrogen-bond acceptors (Lipinski definition) is 2. The summed E-state index contributed by atoms with van der Waals surface area (Å²) in [7, 11) is 1.47. The number of esters is 1. The zero-order valence-corrected chi connectivity index (χ0v) is 14.1. The van der Waals surface area contributed by atoms with Gasteiger partial charge in [0.2, 0.25) is 0 Å². The Morgan fingerprint density at radius 1 is 0.850 bits per heavy atom.